The van der Waals surface area contributed by atoms with Gasteiger partial charge in [0.2, 0.25) is 0 Å². The first-order valence-electron chi connectivity index (χ1n) is 10.8. The van der Waals surface area contributed by atoms with Crippen LogP contribution < -0.4 is 4.90 Å². The molecule has 2 aliphatic heterocycles. The van der Waals surface area contributed by atoms with Crippen LogP contribution in [0.15, 0.2) is 42.5 Å². The SMILES string of the molecule is CC(c1ccccc1Cl)N1CCN(C(=O)c2ccc(N3CCCC3)c([N+](=O)[O-])c2)CC1. The molecule has 2 aromatic carbocycles. The largest absolute Gasteiger partial charge is 0.366 e. The minimum absolute atomic E-state index is 0.0127. The van der Waals surface area contributed by atoms with Gasteiger partial charge >= 0.3 is 0 Å². The van der Waals surface area contributed by atoms with Gasteiger partial charge in [0.05, 0.1) is 4.92 Å². The Kier molecular flexibility index (Phi) is 6.43. The van der Waals surface area contributed by atoms with E-state index in [4.69, 9.17) is 11.6 Å². The van der Waals surface area contributed by atoms with E-state index in [0.29, 0.717) is 24.3 Å². The number of benzene rings is 2. The average molecular weight is 443 g/mol. The predicted molar refractivity (Wildman–Crippen MR) is 122 cm³/mol. The van der Waals surface area contributed by atoms with Gasteiger partial charge in [-0.25, -0.2) is 0 Å². The molecule has 0 aliphatic carbocycles. The molecule has 1 unspecified atom stereocenters. The maximum atomic E-state index is 13.1. The third-order valence-electron chi connectivity index (χ3n) is 6.37. The van der Waals surface area contributed by atoms with Crippen molar-refractivity contribution in [1.29, 1.82) is 0 Å². The van der Waals surface area contributed by atoms with Crippen LogP contribution in [0.1, 0.15) is 41.7 Å². The van der Waals surface area contributed by atoms with Gasteiger partial charge in [0.1, 0.15) is 5.69 Å². The Morgan fingerprint density at radius 3 is 2.35 bits per heavy atom. The van der Waals surface area contributed by atoms with Gasteiger partial charge in [0.15, 0.2) is 0 Å². The highest BCUT2D eigenvalue weighted by Gasteiger charge is 2.28. The summed E-state index contributed by atoms with van der Waals surface area (Å²) in [6.07, 6.45) is 2.07. The maximum Gasteiger partial charge on any atom is 0.293 e. The first-order chi connectivity index (χ1) is 15.0. The molecule has 2 aliphatic rings. The van der Waals surface area contributed by atoms with Crippen molar-refractivity contribution in [3.8, 4) is 0 Å². The van der Waals surface area contributed by atoms with E-state index < -0.39 is 0 Å². The molecule has 2 heterocycles. The number of hydrogen-bond donors (Lipinski definition) is 0. The molecule has 0 spiro atoms. The van der Waals surface area contributed by atoms with Gasteiger partial charge in [-0.3, -0.25) is 19.8 Å². The van der Waals surface area contributed by atoms with Crippen molar-refractivity contribution in [2.45, 2.75) is 25.8 Å². The van der Waals surface area contributed by atoms with Gasteiger partial charge in [0.25, 0.3) is 11.6 Å². The highest BCUT2D eigenvalue weighted by molar-refractivity contribution is 6.31. The van der Waals surface area contributed by atoms with E-state index in [1.54, 1.807) is 17.0 Å². The molecule has 164 valence electrons. The zero-order valence-corrected chi connectivity index (χ0v) is 18.4. The van der Waals surface area contributed by atoms with Crippen molar-refractivity contribution >= 4 is 28.9 Å². The van der Waals surface area contributed by atoms with Crippen molar-refractivity contribution in [3.63, 3.8) is 0 Å². The topological polar surface area (TPSA) is 69.9 Å². The van der Waals surface area contributed by atoms with Gasteiger partial charge in [-0.05, 0) is 43.5 Å². The zero-order chi connectivity index (χ0) is 22.0. The minimum atomic E-state index is -0.381. The van der Waals surface area contributed by atoms with Crippen LogP contribution in [0.5, 0.6) is 0 Å². The van der Waals surface area contributed by atoms with Gasteiger partial charge in [-0.2, -0.15) is 0 Å². The molecule has 0 bridgehead atoms. The average Bonchev–Trinajstić information content (AvgIpc) is 3.33. The summed E-state index contributed by atoms with van der Waals surface area (Å²) in [7, 11) is 0. The highest BCUT2D eigenvalue weighted by Crippen LogP contribution is 2.32. The van der Waals surface area contributed by atoms with Gasteiger partial charge in [-0.15, -0.1) is 0 Å². The number of rotatable bonds is 5. The van der Waals surface area contributed by atoms with E-state index >= 15 is 0 Å². The van der Waals surface area contributed by atoms with E-state index in [0.717, 1.165) is 49.6 Å². The highest BCUT2D eigenvalue weighted by atomic mass is 35.5. The third kappa shape index (κ3) is 4.52. The monoisotopic (exact) mass is 442 g/mol. The van der Waals surface area contributed by atoms with Crippen molar-refractivity contribution in [2.24, 2.45) is 0 Å². The second-order valence-corrected chi connectivity index (χ2v) is 8.59. The lowest BCUT2D eigenvalue weighted by molar-refractivity contribution is -0.384. The fraction of sp³-hybridized carbons (Fsp3) is 0.435. The van der Waals surface area contributed by atoms with E-state index in [1.807, 2.05) is 29.2 Å². The summed E-state index contributed by atoms with van der Waals surface area (Å²) in [5.41, 5.74) is 2.08. The van der Waals surface area contributed by atoms with Gasteiger partial charge in [-0.1, -0.05) is 29.8 Å². The van der Waals surface area contributed by atoms with Crippen LogP contribution in [0.4, 0.5) is 11.4 Å². The van der Waals surface area contributed by atoms with E-state index in [-0.39, 0.29) is 22.6 Å². The molecule has 2 aromatic rings. The summed E-state index contributed by atoms with van der Waals surface area (Å²) in [6.45, 7) is 6.38. The lowest BCUT2D eigenvalue weighted by atomic mass is 10.1. The van der Waals surface area contributed by atoms with Crippen LogP contribution in [0.2, 0.25) is 5.02 Å². The Hall–Kier alpha value is -2.64. The number of nitro benzene ring substituents is 1. The molecule has 2 fully saturated rings. The number of anilines is 1. The van der Waals surface area contributed by atoms with Crippen molar-refractivity contribution in [1.82, 2.24) is 9.80 Å². The first kappa shape index (κ1) is 21.6. The molecule has 2 saturated heterocycles. The predicted octanol–water partition coefficient (Wildman–Crippen LogP) is 4.37. The Morgan fingerprint density at radius 2 is 1.71 bits per heavy atom. The number of nitro groups is 1. The molecule has 0 radical (unpaired) electrons. The smallest absolute Gasteiger partial charge is 0.293 e. The van der Waals surface area contributed by atoms with Crippen molar-refractivity contribution < 1.29 is 9.72 Å². The lowest BCUT2D eigenvalue weighted by Gasteiger charge is -2.38. The van der Waals surface area contributed by atoms with Crippen molar-refractivity contribution in [3.05, 3.63) is 68.7 Å². The van der Waals surface area contributed by atoms with Gasteiger partial charge in [0, 0.05) is 62.0 Å². The van der Waals surface area contributed by atoms with Crippen LogP contribution in [0, 0.1) is 10.1 Å². The second kappa shape index (κ2) is 9.24. The molecule has 1 atom stereocenters. The number of carbonyl (C=O) groups excluding carboxylic acids is 1. The summed E-state index contributed by atoms with van der Waals surface area (Å²) in [4.78, 5) is 30.4. The molecule has 8 heteroatoms. The Bertz CT molecular complexity index is 969. The quantitative estimate of drug-likeness (QED) is 0.508. The van der Waals surface area contributed by atoms with E-state index in [1.165, 1.54) is 6.07 Å². The fourth-order valence-corrected chi connectivity index (χ4v) is 4.83. The zero-order valence-electron chi connectivity index (χ0n) is 17.7. The van der Waals surface area contributed by atoms with Crippen LogP contribution in [0.25, 0.3) is 0 Å². The molecule has 0 N–H and O–H groups in total. The Morgan fingerprint density at radius 1 is 1.03 bits per heavy atom. The van der Waals surface area contributed by atoms with E-state index in [9.17, 15) is 14.9 Å². The normalized spacial score (nSPS) is 18.3. The van der Waals surface area contributed by atoms with Crippen LogP contribution in [0.3, 0.4) is 0 Å². The Balaban J connectivity index is 1.44. The number of carbonyl (C=O) groups is 1. The molecular weight excluding hydrogens is 416 g/mol. The number of piperazine rings is 1. The minimum Gasteiger partial charge on any atom is -0.366 e. The summed E-state index contributed by atoms with van der Waals surface area (Å²) in [5, 5.41) is 12.4. The maximum absolute atomic E-state index is 13.1. The molecule has 31 heavy (non-hydrogen) atoms. The molecule has 1 amide bonds. The van der Waals surface area contributed by atoms with E-state index in [2.05, 4.69) is 11.8 Å². The lowest BCUT2D eigenvalue weighted by Crippen LogP contribution is -2.49. The van der Waals surface area contributed by atoms with Crippen LogP contribution >= 0.6 is 11.6 Å². The Labute approximate surface area is 187 Å². The van der Waals surface area contributed by atoms with Crippen LogP contribution in [-0.4, -0.2) is 59.9 Å². The standard InChI is InChI=1S/C23H27ClN4O3/c1-17(19-6-2-3-7-20(19)24)25-12-14-27(15-13-25)23(29)18-8-9-21(22(16-18)28(30)31)26-10-4-5-11-26/h2-3,6-9,16-17H,4-5,10-15H2,1H3. The summed E-state index contributed by atoms with van der Waals surface area (Å²) < 4.78 is 0. The summed E-state index contributed by atoms with van der Waals surface area (Å²) >= 11 is 6.35. The number of nitrogens with zero attached hydrogens (tertiary/aromatic N) is 4. The molecule has 7 nitrogen and oxygen atoms in total. The summed E-state index contributed by atoms with van der Waals surface area (Å²) in [5.74, 6) is -0.152. The number of amides is 1. The molecule has 4 rings (SSSR count). The third-order valence-corrected chi connectivity index (χ3v) is 6.71. The number of halogens is 1. The second-order valence-electron chi connectivity index (χ2n) is 8.18. The molecule has 0 saturated carbocycles. The fourth-order valence-electron chi connectivity index (χ4n) is 4.53. The van der Waals surface area contributed by atoms with Gasteiger partial charge < -0.3 is 9.80 Å². The number of hydrogen-bond acceptors (Lipinski definition) is 5. The molecule has 0 aromatic heterocycles. The first-order valence-corrected chi connectivity index (χ1v) is 11.1. The molecular formula is C23H27ClN4O3. The van der Waals surface area contributed by atoms with Crippen molar-refractivity contribution in [2.75, 3.05) is 44.2 Å². The summed E-state index contributed by atoms with van der Waals surface area (Å²) in [6, 6.07) is 12.9. The van der Waals surface area contributed by atoms with Crippen LogP contribution in [-0.2, 0) is 0 Å².